The topological polar surface area (TPSA) is 52.0 Å². The molecule has 0 spiro atoms. The van der Waals surface area contributed by atoms with E-state index in [-0.39, 0.29) is 0 Å². The maximum Gasteiger partial charge on any atom is 0.146 e. The summed E-state index contributed by atoms with van der Waals surface area (Å²) in [6, 6.07) is 0.335. The van der Waals surface area contributed by atoms with Crippen molar-refractivity contribution in [1.82, 2.24) is 20.1 Å². The highest BCUT2D eigenvalue weighted by Gasteiger charge is 2.04. The Labute approximate surface area is 84.5 Å². The SMILES string of the molecule is CCn1cnnc1CNC(C)COC. The molecule has 1 heterocycles. The van der Waals surface area contributed by atoms with Crippen LogP contribution in [0.2, 0.25) is 0 Å². The quantitative estimate of drug-likeness (QED) is 0.720. The molecule has 1 aromatic heterocycles. The molecule has 0 radical (unpaired) electrons. The molecule has 0 bridgehead atoms. The summed E-state index contributed by atoms with van der Waals surface area (Å²) < 4.78 is 7.05. The van der Waals surface area contributed by atoms with Gasteiger partial charge in [0.15, 0.2) is 0 Å². The first kappa shape index (κ1) is 11.1. The van der Waals surface area contributed by atoms with Crippen molar-refractivity contribution in [2.75, 3.05) is 13.7 Å². The summed E-state index contributed by atoms with van der Waals surface area (Å²) >= 11 is 0. The van der Waals surface area contributed by atoms with Crippen molar-refractivity contribution in [3.8, 4) is 0 Å². The fourth-order valence-electron chi connectivity index (χ4n) is 1.25. The number of methoxy groups -OCH3 is 1. The second-order valence-corrected chi connectivity index (χ2v) is 3.27. The Hall–Kier alpha value is -0.940. The van der Waals surface area contributed by atoms with Gasteiger partial charge in [-0.2, -0.15) is 0 Å². The molecule has 5 heteroatoms. The third-order valence-corrected chi connectivity index (χ3v) is 2.06. The monoisotopic (exact) mass is 198 g/mol. The number of aryl methyl sites for hydroxylation is 1. The number of hydrogen-bond donors (Lipinski definition) is 1. The van der Waals surface area contributed by atoms with Gasteiger partial charge >= 0.3 is 0 Å². The fourth-order valence-corrected chi connectivity index (χ4v) is 1.25. The summed E-state index contributed by atoms with van der Waals surface area (Å²) in [6.07, 6.45) is 1.75. The van der Waals surface area contributed by atoms with E-state index < -0.39 is 0 Å². The van der Waals surface area contributed by atoms with Crippen LogP contribution in [-0.2, 0) is 17.8 Å². The highest BCUT2D eigenvalue weighted by atomic mass is 16.5. The van der Waals surface area contributed by atoms with E-state index in [1.165, 1.54) is 0 Å². The van der Waals surface area contributed by atoms with Gasteiger partial charge in [-0.05, 0) is 13.8 Å². The van der Waals surface area contributed by atoms with Crippen LogP contribution in [0.1, 0.15) is 19.7 Å². The van der Waals surface area contributed by atoms with Gasteiger partial charge in [0.1, 0.15) is 12.2 Å². The van der Waals surface area contributed by atoms with Gasteiger partial charge in [0.2, 0.25) is 0 Å². The Bertz CT molecular complexity index is 261. The van der Waals surface area contributed by atoms with Crippen LogP contribution in [0.15, 0.2) is 6.33 Å². The van der Waals surface area contributed by atoms with Crippen molar-refractivity contribution in [2.45, 2.75) is 33.0 Å². The summed E-state index contributed by atoms with van der Waals surface area (Å²) in [6.45, 7) is 6.50. The minimum atomic E-state index is 0.335. The van der Waals surface area contributed by atoms with E-state index in [9.17, 15) is 0 Å². The highest BCUT2D eigenvalue weighted by molar-refractivity contribution is 4.85. The molecule has 1 unspecified atom stereocenters. The van der Waals surface area contributed by atoms with Crippen LogP contribution in [0.3, 0.4) is 0 Å². The number of hydrogen-bond acceptors (Lipinski definition) is 4. The van der Waals surface area contributed by atoms with Crippen molar-refractivity contribution in [3.63, 3.8) is 0 Å². The van der Waals surface area contributed by atoms with Crippen molar-refractivity contribution < 1.29 is 4.74 Å². The molecule has 80 valence electrons. The van der Waals surface area contributed by atoms with Crippen LogP contribution < -0.4 is 5.32 Å². The van der Waals surface area contributed by atoms with Crippen molar-refractivity contribution in [3.05, 3.63) is 12.2 Å². The lowest BCUT2D eigenvalue weighted by Crippen LogP contribution is -2.30. The molecule has 0 aliphatic heterocycles. The number of aromatic nitrogens is 3. The Morgan fingerprint density at radius 1 is 1.64 bits per heavy atom. The molecule has 0 saturated heterocycles. The third-order valence-electron chi connectivity index (χ3n) is 2.06. The van der Waals surface area contributed by atoms with Gasteiger partial charge in [0, 0.05) is 19.7 Å². The van der Waals surface area contributed by atoms with Crippen LogP contribution in [0.5, 0.6) is 0 Å². The molecule has 1 aromatic rings. The average Bonchev–Trinajstić information content (AvgIpc) is 2.62. The fraction of sp³-hybridized carbons (Fsp3) is 0.778. The standard InChI is InChI=1S/C9H18N4O/c1-4-13-7-11-12-9(13)5-10-8(2)6-14-3/h7-8,10H,4-6H2,1-3H3. The minimum absolute atomic E-state index is 0.335. The summed E-state index contributed by atoms with van der Waals surface area (Å²) in [4.78, 5) is 0. The normalized spacial score (nSPS) is 13.1. The molecule has 1 atom stereocenters. The largest absolute Gasteiger partial charge is 0.383 e. The van der Waals surface area contributed by atoms with Gasteiger partial charge in [-0.25, -0.2) is 0 Å². The maximum atomic E-state index is 5.02. The van der Waals surface area contributed by atoms with Crippen molar-refractivity contribution in [1.29, 1.82) is 0 Å². The summed E-state index contributed by atoms with van der Waals surface area (Å²) in [7, 11) is 1.70. The molecule has 0 aliphatic rings. The predicted octanol–water partition coefficient (Wildman–Crippen LogP) is 0.422. The van der Waals surface area contributed by atoms with Gasteiger partial charge in [-0.3, -0.25) is 0 Å². The summed E-state index contributed by atoms with van der Waals surface area (Å²) in [5, 5.41) is 11.2. The van der Waals surface area contributed by atoms with Gasteiger partial charge < -0.3 is 14.6 Å². The molecule has 14 heavy (non-hydrogen) atoms. The Morgan fingerprint density at radius 3 is 3.07 bits per heavy atom. The Morgan fingerprint density at radius 2 is 2.43 bits per heavy atom. The van der Waals surface area contributed by atoms with E-state index in [0.717, 1.165) is 18.9 Å². The summed E-state index contributed by atoms with van der Waals surface area (Å²) in [5.41, 5.74) is 0. The number of ether oxygens (including phenoxy) is 1. The second kappa shape index (κ2) is 5.72. The van der Waals surface area contributed by atoms with Crippen LogP contribution in [-0.4, -0.2) is 34.5 Å². The molecule has 0 amide bonds. The molecule has 1 rings (SSSR count). The first-order valence-corrected chi connectivity index (χ1v) is 4.87. The first-order chi connectivity index (χ1) is 6.77. The first-order valence-electron chi connectivity index (χ1n) is 4.87. The molecular formula is C9H18N4O. The third kappa shape index (κ3) is 3.08. The van der Waals surface area contributed by atoms with E-state index in [1.807, 2.05) is 4.57 Å². The zero-order valence-corrected chi connectivity index (χ0v) is 9.03. The average molecular weight is 198 g/mol. The van der Waals surface area contributed by atoms with Crippen molar-refractivity contribution >= 4 is 0 Å². The van der Waals surface area contributed by atoms with Gasteiger partial charge in [0.25, 0.3) is 0 Å². The molecular weight excluding hydrogens is 180 g/mol. The lowest BCUT2D eigenvalue weighted by atomic mass is 10.3. The highest BCUT2D eigenvalue weighted by Crippen LogP contribution is 1.95. The van der Waals surface area contributed by atoms with Gasteiger partial charge in [-0.15, -0.1) is 10.2 Å². The minimum Gasteiger partial charge on any atom is -0.383 e. The number of nitrogens with one attached hydrogen (secondary N) is 1. The lowest BCUT2D eigenvalue weighted by molar-refractivity contribution is 0.171. The molecule has 0 aliphatic carbocycles. The summed E-state index contributed by atoms with van der Waals surface area (Å²) in [5.74, 6) is 0.968. The zero-order valence-electron chi connectivity index (χ0n) is 9.03. The van der Waals surface area contributed by atoms with E-state index in [4.69, 9.17) is 4.74 Å². The van der Waals surface area contributed by atoms with E-state index in [0.29, 0.717) is 12.6 Å². The van der Waals surface area contributed by atoms with Crippen LogP contribution in [0, 0.1) is 0 Å². The lowest BCUT2D eigenvalue weighted by Gasteiger charge is -2.12. The second-order valence-electron chi connectivity index (χ2n) is 3.27. The van der Waals surface area contributed by atoms with Crippen LogP contribution in [0.25, 0.3) is 0 Å². The van der Waals surface area contributed by atoms with Crippen LogP contribution >= 0.6 is 0 Å². The van der Waals surface area contributed by atoms with Crippen LogP contribution in [0.4, 0.5) is 0 Å². The van der Waals surface area contributed by atoms with Gasteiger partial charge in [0.05, 0.1) is 13.2 Å². The number of nitrogens with zero attached hydrogens (tertiary/aromatic N) is 3. The molecule has 1 N–H and O–H groups in total. The predicted molar refractivity (Wildman–Crippen MR) is 53.9 cm³/mol. The molecule has 5 nitrogen and oxygen atoms in total. The van der Waals surface area contributed by atoms with E-state index in [2.05, 4.69) is 29.4 Å². The number of rotatable bonds is 6. The zero-order chi connectivity index (χ0) is 10.4. The Kier molecular flexibility index (Phi) is 4.55. The smallest absolute Gasteiger partial charge is 0.146 e. The van der Waals surface area contributed by atoms with Gasteiger partial charge in [-0.1, -0.05) is 0 Å². The molecule has 0 saturated carbocycles. The van der Waals surface area contributed by atoms with E-state index in [1.54, 1.807) is 13.4 Å². The molecule has 0 fully saturated rings. The van der Waals surface area contributed by atoms with E-state index >= 15 is 0 Å². The Balaban J connectivity index is 2.37. The molecule has 0 aromatic carbocycles. The van der Waals surface area contributed by atoms with Crippen molar-refractivity contribution in [2.24, 2.45) is 0 Å². The maximum absolute atomic E-state index is 5.02.